The van der Waals surface area contributed by atoms with Crippen LogP contribution in [0.4, 0.5) is 17.1 Å². The van der Waals surface area contributed by atoms with Crippen molar-refractivity contribution in [3.8, 4) is 33.4 Å². The fraction of sp³-hybridized carbons (Fsp3) is 0. The third-order valence-corrected chi connectivity index (χ3v) is 10.8. The van der Waals surface area contributed by atoms with E-state index in [0.29, 0.717) is 0 Å². The summed E-state index contributed by atoms with van der Waals surface area (Å²) in [4.78, 5) is 2.34. The summed E-state index contributed by atoms with van der Waals surface area (Å²) in [5.74, 6) is 0. The Labute approximate surface area is 301 Å². The van der Waals surface area contributed by atoms with Gasteiger partial charge in [-0.1, -0.05) is 140 Å². The Morgan fingerprint density at radius 3 is 1.42 bits per heavy atom. The summed E-state index contributed by atoms with van der Waals surface area (Å²) in [6.07, 6.45) is 0. The highest BCUT2D eigenvalue weighted by Crippen LogP contribution is 2.49. The molecule has 0 saturated heterocycles. The van der Waals surface area contributed by atoms with Crippen molar-refractivity contribution in [2.24, 2.45) is 0 Å². The number of benzene rings is 10. The van der Waals surface area contributed by atoms with E-state index in [1.165, 1.54) is 65.3 Å². The number of furan rings is 1. The largest absolute Gasteiger partial charge is 0.455 e. The highest BCUT2D eigenvalue weighted by molar-refractivity contribution is 6.40. The van der Waals surface area contributed by atoms with E-state index in [4.69, 9.17) is 4.42 Å². The second kappa shape index (κ2) is 11.3. The van der Waals surface area contributed by atoms with Crippen LogP contribution in [0.25, 0.3) is 87.6 Å². The van der Waals surface area contributed by atoms with Gasteiger partial charge in [-0.05, 0) is 103 Å². The van der Waals surface area contributed by atoms with Crippen molar-refractivity contribution in [3.05, 3.63) is 188 Å². The molecule has 11 aromatic rings. The molecular weight excluding hydrogens is 631 g/mol. The first kappa shape index (κ1) is 28.9. The molecule has 0 radical (unpaired) electrons. The Kier molecular flexibility index (Phi) is 6.28. The molecule has 0 bridgehead atoms. The molecule has 0 amide bonds. The molecule has 0 saturated carbocycles. The lowest BCUT2D eigenvalue weighted by Crippen LogP contribution is -2.09. The molecule has 0 aliphatic rings. The summed E-state index contributed by atoms with van der Waals surface area (Å²) in [6.45, 7) is 0. The fourth-order valence-corrected chi connectivity index (χ4v) is 8.35. The molecule has 1 heterocycles. The van der Waals surface area contributed by atoms with Gasteiger partial charge in [-0.2, -0.15) is 0 Å². The Hall–Kier alpha value is -6.90. The molecule has 11 rings (SSSR count). The first-order valence-electron chi connectivity index (χ1n) is 17.8. The van der Waals surface area contributed by atoms with Gasteiger partial charge in [0, 0.05) is 38.8 Å². The Morgan fingerprint density at radius 2 is 0.827 bits per heavy atom. The molecule has 0 spiro atoms. The summed E-state index contributed by atoms with van der Waals surface area (Å²) in [5, 5.41) is 10.1. The summed E-state index contributed by atoms with van der Waals surface area (Å²) < 4.78 is 6.77. The molecule has 1 aromatic heterocycles. The van der Waals surface area contributed by atoms with Gasteiger partial charge in [0.05, 0.1) is 0 Å². The van der Waals surface area contributed by atoms with Crippen molar-refractivity contribution in [3.63, 3.8) is 0 Å². The molecule has 0 aliphatic heterocycles. The Morgan fingerprint density at radius 1 is 0.327 bits per heavy atom. The van der Waals surface area contributed by atoms with Crippen molar-refractivity contribution in [1.29, 1.82) is 0 Å². The smallest absolute Gasteiger partial charge is 0.143 e. The Balaban J connectivity index is 1.05. The summed E-state index contributed by atoms with van der Waals surface area (Å²) in [6, 6.07) is 67.7. The maximum atomic E-state index is 6.77. The lowest BCUT2D eigenvalue weighted by molar-refractivity contribution is 0.670. The molecule has 242 valence electrons. The second-order valence-corrected chi connectivity index (χ2v) is 13.7. The van der Waals surface area contributed by atoms with Gasteiger partial charge in [0.1, 0.15) is 11.2 Å². The first-order valence-corrected chi connectivity index (χ1v) is 17.8. The minimum absolute atomic E-state index is 0.938. The third kappa shape index (κ3) is 4.38. The average molecular weight is 662 g/mol. The highest BCUT2D eigenvalue weighted by atomic mass is 16.3. The van der Waals surface area contributed by atoms with E-state index in [9.17, 15) is 0 Å². The van der Waals surface area contributed by atoms with Crippen LogP contribution in [0, 0.1) is 0 Å². The number of hydrogen-bond acceptors (Lipinski definition) is 2. The zero-order chi connectivity index (χ0) is 34.2. The van der Waals surface area contributed by atoms with Gasteiger partial charge in [-0.3, -0.25) is 0 Å². The van der Waals surface area contributed by atoms with E-state index in [1.54, 1.807) is 0 Å². The van der Waals surface area contributed by atoms with E-state index >= 15 is 0 Å². The predicted molar refractivity (Wildman–Crippen MR) is 220 cm³/mol. The van der Waals surface area contributed by atoms with Crippen molar-refractivity contribution < 1.29 is 4.42 Å². The van der Waals surface area contributed by atoms with E-state index in [-0.39, 0.29) is 0 Å². The second-order valence-electron chi connectivity index (χ2n) is 13.7. The van der Waals surface area contributed by atoms with E-state index in [2.05, 4.69) is 193 Å². The molecule has 0 unspecified atom stereocenters. The van der Waals surface area contributed by atoms with Crippen LogP contribution < -0.4 is 4.90 Å². The number of anilines is 3. The lowest BCUT2D eigenvalue weighted by atomic mass is 9.87. The van der Waals surface area contributed by atoms with Gasteiger partial charge in [0.25, 0.3) is 0 Å². The van der Waals surface area contributed by atoms with Crippen molar-refractivity contribution in [1.82, 2.24) is 0 Å². The highest BCUT2D eigenvalue weighted by Gasteiger charge is 2.23. The van der Waals surface area contributed by atoms with Crippen LogP contribution in [0.2, 0.25) is 0 Å². The number of hydrogen-bond donors (Lipinski definition) is 0. The van der Waals surface area contributed by atoms with Crippen molar-refractivity contribution in [2.75, 3.05) is 4.90 Å². The maximum absolute atomic E-state index is 6.77. The third-order valence-electron chi connectivity index (χ3n) is 10.8. The van der Waals surface area contributed by atoms with Gasteiger partial charge in [0.15, 0.2) is 0 Å². The van der Waals surface area contributed by atoms with Crippen molar-refractivity contribution in [2.45, 2.75) is 0 Å². The summed E-state index contributed by atoms with van der Waals surface area (Å²) >= 11 is 0. The van der Waals surface area contributed by atoms with E-state index in [1.807, 2.05) is 0 Å². The number of rotatable bonds is 6. The number of fused-ring (bicyclic) bond motifs is 1. The van der Waals surface area contributed by atoms with Crippen LogP contribution >= 0.6 is 0 Å². The van der Waals surface area contributed by atoms with Crippen LogP contribution in [-0.2, 0) is 0 Å². The zero-order valence-corrected chi connectivity index (χ0v) is 28.3. The molecule has 2 nitrogen and oxygen atoms in total. The fourth-order valence-electron chi connectivity index (χ4n) is 8.35. The van der Waals surface area contributed by atoms with Crippen molar-refractivity contribution >= 4 is 71.3 Å². The first-order chi connectivity index (χ1) is 25.8. The average Bonchev–Trinajstić information content (AvgIpc) is 3.62. The van der Waals surface area contributed by atoms with Gasteiger partial charge in [-0.25, -0.2) is 0 Å². The van der Waals surface area contributed by atoms with Gasteiger partial charge in [-0.15, -0.1) is 0 Å². The van der Waals surface area contributed by atoms with Crippen LogP contribution in [0.15, 0.2) is 192 Å². The van der Waals surface area contributed by atoms with Crippen LogP contribution in [-0.4, -0.2) is 0 Å². The normalized spacial score (nSPS) is 11.8. The molecule has 0 fully saturated rings. The summed E-state index contributed by atoms with van der Waals surface area (Å²) in [5.41, 5.74) is 12.2. The SMILES string of the molecule is c1ccc(-c2ccc(N(c3ccc(-c4ccccc4)cc3)c3ccc(-c4cc5ccc6cccc7c8cccc9oc4c(c98)c5c67)cc3)cc2)cc1. The number of nitrogens with zero attached hydrogens (tertiary/aromatic N) is 1. The maximum Gasteiger partial charge on any atom is 0.143 e. The molecule has 0 aliphatic carbocycles. The minimum atomic E-state index is 0.938. The van der Waals surface area contributed by atoms with Gasteiger partial charge < -0.3 is 9.32 Å². The molecular formula is C50H31NO. The zero-order valence-electron chi connectivity index (χ0n) is 28.3. The molecule has 10 aromatic carbocycles. The van der Waals surface area contributed by atoms with Crippen LogP contribution in [0.1, 0.15) is 0 Å². The summed E-state index contributed by atoms with van der Waals surface area (Å²) in [7, 11) is 0. The van der Waals surface area contributed by atoms with Gasteiger partial charge in [0.2, 0.25) is 0 Å². The van der Waals surface area contributed by atoms with Crippen LogP contribution in [0.3, 0.4) is 0 Å². The predicted octanol–water partition coefficient (Wildman–Crippen LogP) is 14.4. The molecule has 0 atom stereocenters. The van der Waals surface area contributed by atoms with Crippen LogP contribution in [0.5, 0.6) is 0 Å². The van der Waals surface area contributed by atoms with E-state index in [0.717, 1.165) is 39.4 Å². The quantitative estimate of drug-likeness (QED) is 0.130. The monoisotopic (exact) mass is 661 g/mol. The molecule has 2 heteroatoms. The molecule has 52 heavy (non-hydrogen) atoms. The van der Waals surface area contributed by atoms with Gasteiger partial charge >= 0.3 is 0 Å². The lowest BCUT2D eigenvalue weighted by Gasteiger charge is -2.26. The minimum Gasteiger partial charge on any atom is -0.455 e. The standard InChI is InChI=1S/C50H31NO/c1-3-9-32(10-4-1)34-19-25-39(26-20-34)51(40-27-21-35(22-28-40)33-11-5-2-6-12-33)41-29-23-36(24-30-41)44-31-38-18-17-37-13-7-14-42-43-15-8-16-45-48(43)49(50(44)52-45)47(38)46(37)42/h1-31H. The topological polar surface area (TPSA) is 16.4 Å². The van der Waals surface area contributed by atoms with E-state index < -0.39 is 0 Å². The molecule has 0 N–H and O–H groups in total. The Bertz CT molecular complexity index is 2930.